The molecule has 1 aromatic rings. The maximum atomic E-state index is 12.1. The highest BCUT2D eigenvalue weighted by atomic mass is 32.1. The van der Waals surface area contributed by atoms with Gasteiger partial charge in [0.05, 0.1) is 0 Å². The summed E-state index contributed by atoms with van der Waals surface area (Å²) in [5.41, 5.74) is 1.92. The summed E-state index contributed by atoms with van der Waals surface area (Å²) in [6, 6.07) is 7.78. The third-order valence-electron chi connectivity index (χ3n) is 5.60. The second-order valence-corrected chi connectivity index (χ2v) is 9.18. The van der Waals surface area contributed by atoms with Gasteiger partial charge in [-0.1, -0.05) is 83.3 Å². The first kappa shape index (κ1) is 28.1. The summed E-state index contributed by atoms with van der Waals surface area (Å²) < 4.78 is 0. The Hall–Kier alpha value is -1.95. The summed E-state index contributed by atoms with van der Waals surface area (Å²) >= 11 is 5.25. The second-order valence-electron chi connectivity index (χ2n) is 8.77. The molecular weight excluding hydrogens is 418 g/mol. The van der Waals surface area contributed by atoms with Crippen LogP contribution in [0.15, 0.2) is 24.3 Å². The molecule has 0 radical (unpaired) electrons. The molecule has 0 heterocycles. The van der Waals surface area contributed by atoms with Crippen molar-refractivity contribution in [1.29, 1.82) is 0 Å². The number of anilines is 1. The fraction of sp³-hybridized carbons (Fsp3) is 0.654. The lowest BCUT2D eigenvalue weighted by molar-refractivity contribution is -0.128. The maximum Gasteiger partial charge on any atom is 0.226 e. The third kappa shape index (κ3) is 14.2. The van der Waals surface area contributed by atoms with Crippen molar-refractivity contribution in [2.75, 3.05) is 19.4 Å². The van der Waals surface area contributed by atoms with E-state index in [1.165, 1.54) is 57.8 Å². The van der Waals surface area contributed by atoms with Crippen LogP contribution >= 0.6 is 12.2 Å². The first-order valence-electron chi connectivity index (χ1n) is 12.3. The van der Waals surface area contributed by atoms with Gasteiger partial charge in [-0.15, -0.1) is 0 Å². The van der Waals surface area contributed by atoms with Gasteiger partial charge in [-0.3, -0.25) is 9.59 Å². The number of nitrogens with one attached hydrogen (secondary N) is 2. The Morgan fingerprint density at radius 3 is 1.88 bits per heavy atom. The van der Waals surface area contributed by atoms with Gasteiger partial charge in [-0.2, -0.15) is 0 Å². The molecule has 0 atom stereocenters. The van der Waals surface area contributed by atoms with E-state index < -0.39 is 0 Å². The number of amides is 2. The van der Waals surface area contributed by atoms with E-state index in [4.69, 9.17) is 12.2 Å². The largest absolute Gasteiger partial charge is 0.349 e. The molecule has 2 amide bonds. The zero-order chi connectivity index (χ0) is 23.6. The number of aryl methyl sites for hydroxylation is 1. The highest BCUT2D eigenvalue weighted by Crippen LogP contribution is 2.13. The predicted octanol–water partition coefficient (Wildman–Crippen LogP) is 6.22. The zero-order valence-electron chi connectivity index (χ0n) is 20.4. The van der Waals surface area contributed by atoms with Crippen LogP contribution < -0.4 is 10.6 Å². The molecule has 0 bridgehead atoms. The van der Waals surface area contributed by atoms with Crippen LogP contribution in [0.3, 0.4) is 0 Å². The number of thiocarbonyl (C=S) groups is 1. The number of carbonyl (C=O) groups excluding carboxylic acids is 2. The number of benzene rings is 1. The van der Waals surface area contributed by atoms with E-state index in [0.29, 0.717) is 24.4 Å². The zero-order valence-corrected chi connectivity index (χ0v) is 21.2. The van der Waals surface area contributed by atoms with Gasteiger partial charge in [0.15, 0.2) is 5.11 Å². The normalized spacial score (nSPS) is 10.6. The molecule has 5 nitrogen and oxygen atoms in total. The Morgan fingerprint density at radius 1 is 0.812 bits per heavy atom. The van der Waals surface area contributed by atoms with Crippen LogP contribution in [0.2, 0.25) is 0 Å². The topological polar surface area (TPSA) is 61.4 Å². The molecule has 180 valence electrons. The van der Waals surface area contributed by atoms with Gasteiger partial charge in [0.2, 0.25) is 11.8 Å². The molecule has 0 aliphatic carbocycles. The molecule has 32 heavy (non-hydrogen) atoms. The Kier molecular flexibility index (Phi) is 15.4. The van der Waals surface area contributed by atoms with E-state index in [0.717, 1.165) is 24.1 Å². The van der Waals surface area contributed by atoms with Crippen LogP contribution in [0.5, 0.6) is 0 Å². The van der Waals surface area contributed by atoms with Gasteiger partial charge < -0.3 is 15.5 Å². The number of hydrogen-bond donors (Lipinski definition) is 2. The minimum atomic E-state index is -0.0303. The second kappa shape index (κ2) is 17.6. The predicted molar refractivity (Wildman–Crippen MR) is 139 cm³/mol. The van der Waals surface area contributed by atoms with E-state index in [-0.39, 0.29) is 11.8 Å². The van der Waals surface area contributed by atoms with Gasteiger partial charge in [0.25, 0.3) is 0 Å². The lowest BCUT2D eigenvalue weighted by Gasteiger charge is -2.11. The SMILES string of the molecule is CCCCCCCCCCCCCC(=O)NC(=S)Nc1ccc(CCC(=O)N(C)C)cc1. The van der Waals surface area contributed by atoms with Crippen LogP contribution in [-0.2, 0) is 16.0 Å². The van der Waals surface area contributed by atoms with Crippen LogP contribution in [-0.4, -0.2) is 35.9 Å². The molecule has 0 aliphatic heterocycles. The van der Waals surface area contributed by atoms with Crippen LogP contribution in [0, 0.1) is 0 Å². The molecular formula is C26H43N3O2S. The van der Waals surface area contributed by atoms with Crippen molar-refractivity contribution in [1.82, 2.24) is 10.2 Å². The standard InChI is InChI=1S/C26H43N3O2S/c1-4-5-6-7-8-9-10-11-12-13-14-15-24(30)28-26(32)27-23-19-16-22(17-20-23)18-21-25(31)29(2)3/h16-17,19-20H,4-15,18,21H2,1-3H3,(H2,27,28,30,32). The highest BCUT2D eigenvalue weighted by Gasteiger charge is 2.06. The number of rotatable bonds is 16. The molecule has 1 rings (SSSR count). The van der Waals surface area contributed by atoms with Gasteiger partial charge in [-0.25, -0.2) is 0 Å². The van der Waals surface area contributed by atoms with E-state index in [2.05, 4.69) is 17.6 Å². The molecule has 1 aromatic carbocycles. The van der Waals surface area contributed by atoms with Crippen LogP contribution in [0.4, 0.5) is 5.69 Å². The van der Waals surface area contributed by atoms with Gasteiger partial charge >= 0.3 is 0 Å². The smallest absolute Gasteiger partial charge is 0.226 e. The Balaban J connectivity index is 2.10. The first-order chi connectivity index (χ1) is 15.4. The molecule has 6 heteroatoms. The molecule has 2 N–H and O–H groups in total. The van der Waals surface area contributed by atoms with Crippen LogP contribution in [0.25, 0.3) is 0 Å². The molecule has 0 unspecified atom stereocenters. The molecule has 0 saturated carbocycles. The van der Waals surface area contributed by atoms with Gasteiger partial charge in [0, 0.05) is 32.6 Å². The number of unbranched alkanes of at least 4 members (excludes halogenated alkanes) is 10. The van der Waals surface area contributed by atoms with Crippen molar-refractivity contribution in [3.63, 3.8) is 0 Å². The van der Waals surface area contributed by atoms with Crippen molar-refractivity contribution in [2.24, 2.45) is 0 Å². The maximum absolute atomic E-state index is 12.1. The summed E-state index contributed by atoms with van der Waals surface area (Å²) in [7, 11) is 3.53. The monoisotopic (exact) mass is 461 g/mol. The van der Waals surface area contributed by atoms with E-state index in [1.54, 1.807) is 19.0 Å². The van der Waals surface area contributed by atoms with Crippen molar-refractivity contribution in [2.45, 2.75) is 96.8 Å². The molecule has 0 aliphatic rings. The average molecular weight is 462 g/mol. The average Bonchev–Trinajstić information content (AvgIpc) is 2.76. The van der Waals surface area contributed by atoms with Crippen molar-refractivity contribution < 1.29 is 9.59 Å². The molecule has 0 aromatic heterocycles. The Morgan fingerprint density at radius 2 is 1.34 bits per heavy atom. The Labute approximate surface area is 200 Å². The van der Waals surface area contributed by atoms with Crippen molar-refractivity contribution in [3.8, 4) is 0 Å². The van der Waals surface area contributed by atoms with Crippen molar-refractivity contribution >= 4 is 34.8 Å². The van der Waals surface area contributed by atoms with E-state index in [1.807, 2.05) is 24.3 Å². The fourth-order valence-corrected chi connectivity index (χ4v) is 3.76. The first-order valence-corrected chi connectivity index (χ1v) is 12.7. The quantitative estimate of drug-likeness (QED) is 0.226. The number of carbonyl (C=O) groups is 2. The van der Waals surface area contributed by atoms with Gasteiger partial charge in [0.1, 0.15) is 0 Å². The van der Waals surface area contributed by atoms with Gasteiger partial charge in [-0.05, 0) is 42.8 Å². The Bertz CT molecular complexity index is 674. The molecule has 0 fully saturated rings. The number of hydrogen-bond acceptors (Lipinski definition) is 3. The minimum absolute atomic E-state index is 0.0303. The van der Waals surface area contributed by atoms with E-state index >= 15 is 0 Å². The molecule has 0 spiro atoms. The summed E-state index contributed by atoms with van der Waals surface area (Å²) in [4.78, 5) is 25.4. The highest BCUT2D eigenvalue weighted by molar-refractivity contribution is 7.80. The number of nitrogens with zero attached hydrogens (tertiary/aromatic N) is 1. The summed E-state index contributed by atoms with van der Waals surface area (Å²) in [5.74, 6) is 0.0890. The lowest BCUT2D eigenvalue weighted by atomic mass is 10.1. The molecule has 0 saturated heterocycles. The summed E-state index contributed by atoms with van der Waals surface area (Å²) in [6.07, 6.45) is 15.7. The lowest BCUT2D eigenvalue weighted by Crippen LogP contribution is -2.33. The minimum Gasteiger partial charge on any atom is -0.349 e. The summed E-state index contributed by atoms with van der Waals surface area (Å²) in [5, 5.41) is 6.14. The fourth-order valence-electron chi connectivity index (χ4n) is 3.53. The van der Waals surface area contributed by atoms with Crippen molar-refractivity contribution in [3.05, 3.63) is 29.8 Å². The third-order valence-corrected chi connectivity index (χ3v) is 5.80. The van der Waals surface area contributed by atoms with Crippen LogP contribution in [0.1, 0.15) is 96.0 Å². The van der Waals surface area contributed by atoms with E-state index in [9.17, 15) is 9.59 Å². The summed E-state index contributed by atoms with van der Waals surface area (Å²) in [6.45, 7) is 2.25.